The molecule has 1 aromatic heterocycles. The Labute approximate surface area is 102 Å². The third kappa shape index (κ3) is 3.03. The lowest BCUT2D eigenvalue weighted by atomic mass is 10.1. The van der Waals surface area contributed by atoms with Gasteiger partial charge < -0.3 is 5.32 Å². The maximum Gasteiger partial charge on any atom is 0.0794 e. The van der Waals surface area contributed by atoms with Gasteiger partial charge in [-0.2, -0.15) is 0 Å². The second-order valence-corrected chi connectivity index (χ2v) is 5.31. The van der Waals surface area contributed by atoms with Crippen LogP contribution in [0.15, 0.2) is 10.9 Å². The second kappa shape index (κ2) is 5.75. The SMILES string of the molecule is CCC1CN(CCc2cscn2)C(C)CN1. The minimum absolute atomic E-state index is 0.654. The van der Waals surface area contributed by atoms with Crippen molar-refractivity contribution < 1.29 is 0 Å². The molecule has 1 N–H and O–H groups in total. The maximum atomic E-state index is 4.34. The average molecular weight is 239 g/mol. The third-order valence-electron chi connectivity index (χ3n) is 3.41. The van der Waals surface area contributed by atoms with Crippen molar-refractivity contribution in [1.29, 1.82) is 0 Å². The van der Waals surface area contributed by atoms with Crippen LogP contribution in [0, 0.1) is 0 Å². The molecule has 2 unspecified atom stereocenters. The van der Waals surface area contributed by atoms with Crippen LogP contribution in [-0.2, 0) is 6.42 Å². The predicted molar refractivity (Wildman–Crippen MR) is 68.9 cm³/mol. The van der Waals surface area contributed by atoms with Gasteiger partial charge in [0.15, 0.2) is 0 Å². The highest BCUT2D eigenvalue weighted by atomic mass is 32.1. The van der Waals surface area contributed by atoms with Gasteiger partial charge in [0.1, 0.15) is 0 Å². The summed E-state index contributed by atoms with van der Waals surface area (Å²) in [5.74, 6) is 0. The second-order valence-electron chi connectivity index (χ2n) is 4.59. The minimum atomic E-state index is 0.654. The van der Waals surface area contributed by atoms with Crippen molar-refractivity contribution in [2.45, 2.75) is 38.8 Å². The van der Waals surface area contributed by atoms with Gasteiger partial charge in [0, 0.05) is 43.5 Å². The molecule has 1 aliphatic rings. The number of hydrogen-bond acceptors (Lipinski definition) is 4. The van der Waals surface area contributed by atoms with E-state index in [0.717, 1.165) is 19.5 Å². The van der Waals surface area contributed by atoms with Crippen molar-refractivity contribution in [1.82, 2.24) is 15.2 Å². The number of nitrogens with one attached hydrogen (secondary N) is 1. The van der Waals surface area contributed by atoms with E-state index < -0.39 is 0 Å². The monoisotopic (exact) mass is 239 g/mol. The number of thiazole rings is 1. The highest BCUT2D eigenvalue weighted by Crippen LogP contribution is 2.10. The fraction of sp³-hybridized carbons (Fsp3) is 0.750. The van der Waals surface area contributed by atoms with Crippen molar-refractivity contribution in [3.63, 3.8) is 0 Å². The molecule has 1 aromatic rings. The number of nitrogens with zero attached hydrogens (tertiary/aromatic N) is 2. The summed E-state index contributed by atoms with van der Waals surface area (Å²) in [6, 6.07) is 1.33. The van der Waals surface area contributed by atoms with Crippen LogP contribution in [0.4, 0.5) is 0 Å². The molecular weight excluding hydrogens is 218 g/mol. The van der Waals surface area contributed by atoms with Gasteiger partial charge in [0.2, 0.25) is 0 Å². The highest BCUT2D eigenvalue weighted by molar-refractivity contribution is 7.07. The Balaban J connectivity index is 1.82. The molecule has 2 heterocycles. The zero-order valence-electron chi connectivity index (χ0n) is 10.1. The number of aromatic nitrogens is 1. The lowest BCUT2D eigenvalue weighted by Crippen LogP contribution is -2.55. The third-order valence-corrected chi connectivity index (χ3v) is 4.05. The summed E-state index contributed by atoms with van der Waals surface area (Å²) in [5, 5.41) is 5.74. The Morgan fingerprint density at radius 3 is 3.19 bits per heavy atom. The van der Waals surface area contributed by atoms with Crippen molar-refractivity contribution in [3.05, 3.63) is 16.6 Å². The quantitative estimate of drug-likeness (QED) is 0.868. The van der Waals surface area contributed by atoms with E-state index in [4.69, 9.17) is 0 Å². The smallest absolute Gasteiger partial charge is 0.0794 e. The summed E-state index contributed by atoms with van der Waals surface area (Å²) in [6.07, 6.45) is 2.31. The van der Waals surface area contributed by atoms with Crippen molar-refractivity contribution in [2.24, 2.45) is 0 Å². The van der Waals surface area contributed by atoms with E-state index in [2.05, 4.69) is 34.4 Å². The van der Waals surface area contributed by atoms with Crippen molar-refractivity contribution in [2.75, 3.05) is 19.6 Å². The maximum absolute atomic E-state index is 4.34. The summed E-state index contributed by atoms with van der Waals surface area (Å²) >= 11 is 1.69. The molecular formula is C12H21N3S. The van der Waals surface area contributed by atoms with E-state index in [-0.39, 0.29) is 0 Å². The standard InChI is InChI=1S/C12H21N3S/c1-3-11-7-15(10(2)6-13-11)5-4-12-8-16-9-14-12/h8-11,13H,3-7H2,1-2H3. The molecule has 2 atom stereocenters. The molecule has 0 aliphatic carbocycles. The van der Waals surface area contributed by atoms with Gasteiger partial charge in [-0.1, -0.05) is 6.92 Å². The Bertz CT molecular complexity index is 299. The minimum Gasteiger partial charge on any atom is -0.311 e. The normalized spacial score (nSPS) is 27.1. The van der Waals surface area contributed by atoms with Gasteiger partial charge in [-0.05, 0) is 13.3 Å². The lowest BCUT2D eigenvalue weighted by Gasteiger charge is -2.38. The van der Waals surface area contributed by atoms with Crippen LogP contribution in [-0.4, -0.2) is 41.6 Å². The fourth-order valence-corrected chi connectivity index (χ4v) is 2.79. The summed E-state index contributed by atoms with van der Waals surface area (Å²) in [4.78, 5) is 6.93. The molecule has 0 saturated carbocycles. The van der Waals surface area contributed by atoms with Gasteiger partial charge in [-0.15, -0.1) is 11.3 Å². The molecule has 0 bridgehead atoms. The van der Waals surface area contributed by atoms with E-state index >= 15 is 0 Å². The highest BCUT2D eigenvalue weighted by Gasteiger charge is 2.23. The topological polar surface area (TPSA) is 28.2 Å². The molecule has 2 rings (SSSR count). The van der Waals surface area contributed by atoms with E-state index in [9.17, 15) is 0 Å². The molecule has 90 valence electrons. The van der Waals surface area contributed by atoms with Gasteiger partial charge in [-0.3, -0.25) is 4.90 Å². The molecule has 0 radical (unpaired) electrons. The number of hydrogen-bond donors (Lipinski definition) is 1. The van der Waals surface area contributed by atoms with Crippen LogP contribution in [0.5, 0.6) is 0 Å². The van der Waals surface area contributed by atoms with Crippen LogP contribution < -0.4 is 5.32 Å². The molecule has 1 saturated heterocycles. The van der Waals surface area contributed by atoms with Gasteiger partial charge in [0.25, 0.3) is 0 Å². The van der Waals surface area contributed by atoms with Crippen LogP contribution in [0.2, 0.25) is 0 Å². The van der Waals surface area contributed by atoms with Gasteiger partial charge in [0.05, 0.1) is 11.2 Å². The van der Waals surface area contributed by atoms with E-state index in [1.54, 1.807) is 11.3 Å². The van der Waals surface area contributed by atoms with Gasteiger partial charge >= 0.3 is 0 Å². The first-order chi connectivity index (χ1) is 7.79. The number of rotatable bonds is 4. The zero-order valence-corrected chi connectivity index (χ0v) is 11.0. The molecule has 16 heavy (non-hydrogen) atoms. The Hall–Kier alpha value is -0.450. The Morgan fingerprint density at radius 1 is 1.62 bits per heavy atom. The van der Waals surface area contributed by atoms with Gasteiger partial charge in [-0.25, -0.2) is 4.98 Å². The largest absolute Gasteiger partial charge is 0.311 e. The van der Waals surface area contributed by atoms with Crippen LogP contribution >= 0.6 is 11.3 Å². The molecule has 4 heteroatoms. The van der Waals surface area contributed by atoms with Crippen LogP contribution in [0.1, 0.15) is 26.0 Å². The molecule has 0 spiro atoms. The summed E-state index contributed by atoms with van der Waals surface area (Å²) in [5.41, 5.74) is 3.16. The molecule has 0 amide bonds. The molecule has 1 aliphatic heterocycles. The predicted octanol–water partition coefficient (Wildman–Crippen LogP) is 1.76. The first-order valence-electron chi connectivity index (χ1n) is 6.14. The Morgan fingerprint density at radius 2 is 2.50 bits per heavy atom. The number of piperazine rings is 1. The molecule has 0 aromatic carbocycles. The van der Waals surface area contributed by atoms with Crippen LogP contribution in [0.3, 0.4) is 0 Å². The molecule has 1 fully saturated rings. The van der Waals surface area contributed by atoms with E-state index in [0.29, 0.717) is 12.1 Å². The van der Waals surface area contributed by atoms with Crippen molar-refractivity contribution in [3.8, 4) is 0 Å². The zero-order chi connectivity index (χ0) is 11.4. The average Bonchev–Trinajstić information content (AvgIpc) is 2.81. The van der Waals surface area contributed by atoms with E-state index in [1.807, 2.05) is 5.51 Å². The Kier molecular flexibility index (Phi) is 4.32. The first kappa shape index (κ1) is 12.0. The van der Waals surface area contributed by atoms with E-state index in [1.165, 1.54) is 18.7 Å². The summed E-state index contributed by atoms with van der Waals surface area (Å²) in [6.45, 7) is 8.01. The fourth-order valence-electron chi connectivity index (χ4n) is 2.20. The first-order valence-corrected chi connectivity index (χ1v) is 7.08. The lowest BCUT2D eigenvalue weighted by molar-refractivity contribution is 0.140. The molecule has 3 nitrogen and oxygen atoms in total. The summed E-state index contributed by atoms with van der Waals surface area (Å²) < 4.78 is 0. The van der Waals surface area contributed by atoms with Crippen LogP contribution in [0.25, 0.3) is 0 Å². The summed E-state index contributed by atoms with van der Waals surface area (Å²) in [7, 11) is 0. The van der Waals surface area contributed by atoms with Crippen molar-refractivity contribution >= 4 is 11.3 Å².